The highest BCUT2D eigenvalue weighted by Crippen LogP contribution is 2.39. The van der Waals surface area contributed by atoms with Crippen molar-refractivity contribution in [3.05, 3.63) is 58.0 Å². The third-order valence-corrected chi connectivity index (χ3v) is 7.20. The third-order valence-electron chi connectivity index (χ3n) is 6.00. The summed E-state index contributed by atoms with van der Waals surface area (Å²) in [5.74, 6) is -2.93. The molecule has 4 rings (SSSR count). The second-order valence-electron chi connectivity index (χ2n) is 8.22. The number of nitrogens with one attached hydrogen (secondary N) is 2. The first-order valence-electron chi connectivity index (χ1n) is 10.6. The summed E-state index contributed by atoms with van der Waals surface area (Å²) in [5, 5.41) is 15.9. The minimum Gasteiger partial charge on any atom is -0.481 e. The van der Waals surface area contributed by atoms with E-state index in [1.165, 1.54) is 11.3 Å². The van der Waals surface area contributed by atoms with Gasteiger partial charge in [0, 0.05) is 10.6 Å². The van der Waals surface area contributed by atoms with Gasteiger partial charge in [-0.3, -0.25) is 14.4 Å². The summed E-state index contributed by atoms with van der Waals surface area (Å²) in [6.45, 7) is 1.96. The molecule has 2 atom stereocenters. The van der Waals surface area contributed by atoms with Crippen molar-refractivity contribution in [3.63, 3.8) is 0 Å². The van der Waals surface area contributed by atoms with Gasteiger partial charge < -0.3 is 15.7 Å². The number of hydrogen-bond donors (Lipinski definition) is 3. The van der Waals surface area contributed by atoms with Crippen molar-refractivity contribution >= 4 is 39.8 Å². The molecule has 1 aromatic heterocycles. The Morgan fingerprint density at radius 1 is 1.03 bits per heavy atom. The molecule has 2 aliphatic rings. The van der Waals surface area contributed by atoms with E-state index in [4.69, 9.17) is 0 Å². The molecular formula is C24H26N2O4S. The first-order chi connectivity index (χ1) is 14.9. The van der Waals surface area contributed by atoms with E-state index in [9.17, 15) is 19.5 Å². The number of anilines is 2. The quantitative estimate of drug-likeness (QED) is 0.585. The lowest BCUT2D eigenvalue weighted by Gasteiger charge is -2.24. The predicted octanol–water partition coefficient (Wildman–Crippen LogP) is 4.79. The smallest absolute Gasteiger partial charge is 0.307 e. The second-order valence-corrected chi connectivity index (χ2v) is 9.33. The highest BCUT2D eigenvalue weighted by Gasteiger charge is 2.35. The Labute approximate surface area is 185 Å². The topological polar surface area (TPSA) is 95.5 Å². The average molecular weight is 439 g/mol. The van der Waals surface area contributed by atoms with Crippen LogP contribution in [-0.4, -0.2) is 22.9 Å². The summed E-state index contributed by atoms with van der Waals surface area (Å²) in [6, 6.07) is 7.60. The highest BCUT2D eigenvalue weighted by atomic mass is 32.1. The Morgan fingerprint density at radius 3 is 2.52 bits per heavy atom. The lowest BCUT2D eigenvalue weighted by molar-refractivity contribution is -0.146. The molecule has 31 heavy (non-hydrogen) atoms. The molecule has 7 heteroatoms. The second kappa shape index (κ2) is 9.06. The highest BCUT2D eigenvalue weighted by molar-refractivity contribution is 7.17. The number of aryl methyl sites for hydroxylation is 2. The molecule has 0 aliphatic heterocycles. The molecular weight excluding hydrogens is 412 g/mol. The van der Waals surface area contributed by atoms with Gasteiger partial charge in [0.05, 0.1) is 17.4 Å². The van der Waals surface area contributed by atoms with Crippen molar-refractivity contribution in [1.82, 2.24) is 0 Å². The number of rotatable bonds is 5. The van der Waals surface area contributed by atoms with E-state index < -0.39 is 17.8 Å². The maximum Gasteiger partial charge on any atom is 0.307 e. The summed E-state index contributed by atoms with van der Waals surface area (Å²) >= 11 is 1.45. The minimum absolute atomic E-state index is 0.237. The van der Waals surface area contributed by atoms with E-state index in [1.54, 1.807) is 0 Å². The van der Waals surface area contributed by atoms with Crippen LogP contribution < -0.4 is 10.6 Å². The molecule has 0 saturated heterocycles. The molecule has 2 amide bonds. The number of fused-ring (bicyclic) bond motifs is 1. The van der Waals surface area contributed by atoms with E-state index in [1.807, 2.05) is 43.3 Å². The van der Waals surface area contributed by atoms with Crippen LogP contribution in [0.5, 0.6) is 0 Å². The summed E-state index contributed by atoms with van der Waals surface area (Å²) in [4.78, 5) is 39.0. The zero-order valence-corrected chi connectivity index (χ0v) is 18.3. The van der Waals surface area contributed by atoms with Gasteiger partial charge in [0.25, 0.3) is 5.91 Å². The zero-order valence-electron chi connectivity index (χ0n) is 17.4. The molecule has 0 spiro atoms. The van der Waals surface area contributed by atoms with Crippen molar-refractivity contribution in [2.45, 2.75) is 45.4 Å². The molecule has 0 saturated carbocycles. The van der Waals surface area contributed by atoms with Crippen LogP contribution in [0.15, 0.2) is 36.4 Å². The maximum absolute atomic E-state index is 13.2. The van der Waals surface area contributed by atoms with E-state index in [0.717, 1.165) is 41.7 Å². The number of carbonyl (C=O) groups is 3. The van der Waals surface area contributed by atoms with E-state index in [2.05, 4.69) is 10.6 Å². The molecule has 0 fully saturated rings. The number of allylic oxidation sites excluding steroid dienone is 2. The first kappa shape index (κ1) is 21.3. The number of benzene rings is 1. The average Bonchev–Trinajstić information content (AvgIpc) is 3.11. The van der Waals surface area contributed by atoms with Crippen molar-refractivity contribution < 1.29 is 19.5 Å². The summed E-state index contributed by atoms with van der Waals surface area (Å²) in [7, 11) is 0. The SMILES string of the molecule is Cc1cccc(NC(=O)c2c(NC(=O)[C@@H]3CC=CC[C@@H]3C(=O)O)sc3c2CCCC3)c1. The Kier molecular flexibility index (Phi) is 6.23. The Hall–Kier alpha value is -2.93. The molecule has 0 radical (unpaired) electrons. The van der Waals surface area contributed by atoms with Crippen molar-refractivity contribution in [3.8, 4) is 0 Å². The van der Waals surface area contributed by atoms with Crippen LogP contribution in [0.4, 0.5) is 10.7 Å². The van der Waals surface area contributed by atoms with Gasteiger partial charge in [-0.15, -0.1) is 11.3 Å². The molecule has 0 bridgehead atoms. The van der Waals surface area contributed by atoms with Crippen molar-refractivity contribution in [2.24, 2.45) is 11.8 Å². The van der Waals surface area contributed by atoms with Gasteiger partial charge in [-0.2, -0.15) is 0 Å². The molecule has 1 aromatic carbocycles. The van der Waals surface area contributed by atoms with Crippen LogP contribution in [0.3, 0.4) is 0 Å². The summed E-state index contributed by atoms with van der Waals surface area (Å²) < 4.78 is 0. The number of hydrogen-bond acceptors (Lipinski definition) is 4. The Bertz CT molecular complexity index is 1060. The Balaban J connectivity index is 1.62. The number of carbonyl (C=O) groups excluding carboxylic acids is 2. The van der Waals surface area contributed by atoms with Gasteiger partial charge in [0.2, 0.25) is 5.91 Å². The minimum atomic E-state index is -0.965. The zero-order chi connectivity index (χ0) is 22.0. The fourth-order valence-corrected chi connectivity index (χ4v) is 5.68. The number of thiophene rings is 1. The summed E-state index contributed by atoms with van der Waals surface area (Å²) in [5.41, 5.74) is 3.29. The van der Waals surface area contributed by atoms with Crippen LogP contribution in [0.25, 0.3) is 0 Å². The van der Waals surface area contributed by atoms with Crippen LogP contribution >= 0.6 is 11.3 Å². The molecule has 162 valence electrons. The molecule has 2 aromatic rings. The van der Waals surface area contributed by atoms with E-state index in [0.29, 0.717) is 29.1 Å². The summed E-state index contributed by atoms with van der Waals surface area (Å²) in [6.07, 6.45) is 8.17. The van der Waals surface area contributed by atoms with E-state index >= 15 is 0 Å². The normalized spacial score (nSPS) is 20.0. The monoisotopic (exact) mass is 438 g/mol. The predicted molar refractivity (Wildman–Crippen MR) is 122 cm³/mol. The molecule has 2 aliphatic carbocycles. The van der Waals surface area contributed by atoms with Crippen LogP contribution in [0.1, 0.15) is 52.0 Å². The number of amides is 2. The molecule has 0 unspecified atom stereocenters. The number of carboxylic acid groups (broad SMARTS) is 1. The lowest BCUT2D eigenvalue weighted by atomic mass is 9.82. The molecule has 1 heterocycles. The van der Waals surface area contributed by atoms with Crippen LogP contribution in [-0.2, 0) is 22.4 Å². The molecule has 6 nitrogen and oxygen atoms in total. The first-order valence-corrected chi connectivity index (χ1v) is 11.5. The molecule has 3 N–H and O–H groups in total. The largest absolute Gasteiger partial charge is 0.481 e. The number of aliphatic carboxylic acids is 1. The van der Waals surface area contributed by atoms with E-state index in [-0.39, 0.29) is 11.8 Å². The standard InChI is InChI=1S/C24H26N2O4S/c1-14-7-6-8-15(13-14)25-22(28)20-18-11-4-5-12-19(18)31-23(20)26-21(27)16-9-2-3-10-17(16)24(29)30/h2-3,6-8,13,16-17H,4-5,9-12H2,1H3,(H,25,28)(H,26,27)(H,29,30)/t16-,17+/m1/s1. The van der Waals surface area contributed by atoms with Gasteiger partial charge in [0.15, 0.2) is 0 Å². The van der Waals surface area contributed by atoms with Crippen LogP contribution in [0, 0.1) is 18.8 Å². The lowest BCUT2D eigenvalue weighted by Crippen LogP contribution is -2.35. The Morgan fingerprint density at radius 2 is 1.77 bits per heavy atom. The fraction of sp³-hybridized carbons (Fsp3) is 0.375. The van der Waals surface area contributed by atoms with Crippen molar-refractivity contribution in [2.75, 3.05) is 10.6 Å². The maximum atomic E-state index is 13.2. The number of carboxylic acids is 1. The van der Waals surface area contributed by atoms with Crippen molar-refractivity contribution in [1.29, 1.82) is 0 Å². The van der Waals surface area contributed by atoms with Crippen LogP contribution in [0.2, 0.25) is 0 Å². The van der Waals surface area contributed by atoms with Gasteiger partial charge in [0.1, 0.15) is 5.00 Å². The van der Waals surface area contributed by atoms with Gasteiger partial charge in [-0.05, 0) is 68.7 Å². The van der Waals surface area contributed by atoms with Gasteiger partial charge >= 0.3 is 5.97 Å². The van der Waals surface area contributed by atoms with Gasteiger partial charge in [-0.1, -0.05) is 24.3 Å². The third kappa shape index (κ3) is 4.56. The van der Waals surface area contributed by atoms with Gasteiger partial charge in [-0.25, -0.2) is 0 Å². The fourth-order valence-electron chi connectivity index (χ4n) is 4.39.